The first-order valence-corrected chi connectivity index (χ1v) is 7.82. The van der Waals surface area contributed by atoms with Crippen LogP contribution in [-0.4, -0.2) is 6.54 Å². The maximum Gasteiger partial charge on any atom is 0.0931 e. The zero-order valence-electron chi connectivity index (χ0n) is 10.7. The van der Waals surface area contributed by atoms with Crippen LogP contribution >= 0.6 is 22.9 Å². The monoisotopic (exact) mass is 292 g/mol. The van der Waals surface area contributed by atoms with Gasteiger partial charge in [-0.3, -0.25) is 0 Å². The summed E-state index contributed by atoms with van der Waals surface area (Å²) in [6, 6.07) is 10.6. The van der Waals surface area contributed by atoms with E-state index in [1.54, 1.807) is 11.3 Å². The molecule has 0 amide bonds. The van der Waals surface area contributed by atoms with E-state index in [1.807, 2.05) is 6.07 Å². The average Bonchev–Trinajstić information content (AvgIpc) is 2.85. The molecule has 2 aromatic rings. The molecule has 2 heterocycles. The SMILES string of the molecule is Clc1ccc(CNCc2cccc3c2CCCN3)s1. The van der Waals surface area contributed by atoms with Crippen LogP contribution in [0.4, 0.5) is 5.69 Å². The summed E-state index contributed by atoms with van der Waals surface area (Å²) in [6.07, 6.45) is 2.41. The van der Waals surface area contributed by atoms with Crippen LogP contribution in [0.5, 0.6) is 0 Å². The summed E-state index contributed by atoms with van der Waals surface area (Å²) in [6.45, 7) is 2.90. The van der Waals surface area contributed by atoms with Gasteiger partial charge in [0, 0.05) is 30.2 Å². The van der Waals surface area contributed by atoms with Gasteiger partial charge in [-0.1, -0.05) is 23.7 Å². The minimum atomic E-state index is 0.859. The maximum atomic E-state index is 5.93. The van der Waals surface area contributed by atoms with Crippen LogP contribution < -0.4 is 10.6 Å². The van der Waals surface area contributed by atoms with E-state index in [0.717, 1.165) is 24.0 Å². The van der Waals surface area contributed by atoms with Crippen molar-refractivity contribution in [3.05, 3.63) is 50.7 Å². The van der Waals surface area contributed by atoms with Crippen molar-refractivity contribution in [2.75, 3.05) is 11.9 Å². The van der Waals surface area contributed by atoms with E-state index >= 15 is 0 Å². The predicted octanol–water partition coefficient (Wildman–Crippen LogP) is 4.05. The third kappa shape index (κ3) is 3.11. The quantitative estimate of drug-likeness (QED) is 0.888. The van der Waals surface area contributed by atoms with E-state index in [0.29, 0.717) is 0 Å². The molecule has 0 saturated heterocycles. The number of hydrogen-bond donors (Lipinski definition) is 2. The van der Waals surface area contributed by atoms with Crippen LogP contribution in [-0.2, 0) is 19.5 Å². The molecule has 1 aliphatic rings. The fraction of sp³-hybridized carbons (Fsp3) is 0.333. The largest absolute Gasteiger partial charge is 0.385 e. The number of halogens is 1. The zero-order valence-corrected chi connectivity index (χ0v) is 12.3. The van der Waals surface area contributed by atoms with Gasteiger partial charge in [-0.15, -0.1) is 11.3 Å². The summed E-state index contributed by atoms with van der Waals surface area (Å²) in [7, 11) is 0. The molecule has 0 spiro atoms. The molecule has 4 heteroatoms. The standard InChI is InChI=1S/C15H17ClN2S/c16-15-7-6-12(19-15)10-17-9-11-3-1-5-14-13(11)4-2-8-18-14/h1,3,5-7,17-18H,2,4,8-10H2. The van der Waals surface area contributed by atoms with Gasteiger partial charge in [0.2, 0.25) is 0 Å². The molecule has 0 aliphatic carbocycles. The molecule has 3 rings (SSSR count). The van der Waals surface area contributed by atoms with Crippen LogP contribution in [0.3, 0.4) is 0 Å². The molecule has 0 saturated carbocycles. The van der Waals surface area contributed by atoms with Gasteiger partial charge in [-0.2, -0.15) is 0 Å². The van der Waals surface area contributed by atoms with Gasteiger partial charge in [-0.05, 0) is 42.2 Å². The van der Waals surface area contributed by atoms with Crippen LogP contribution in [0, 0.1) is 0 Å². The lowest BCUT2D eigenvalue weighted by atomic mass is 9.97. The topological polar surface area (TPSA) is 24.1 Å². The number of benzene rings is 1. The number of hydrogen-bond acceptors (Lipinski definition) is 3. The zero-order chi connectivity index (χ0) is 13.1. The second-order valence-electron chi connectivity index (χ2n) is 4.78. The molecule has 1 aromatic carbocycles. The van der Waals surface area contributed by atoms with Crippen molar-refractivity contribution in [3.63, 3.8) is 0 Å². The number of thiophene rings is 1. The maximum absolute atomic E-state index is 5.93. The van der Waals surface area contributed by atoms with Gasteiger partial charge in [0.05, 0.1) is 4.34 Å². The van der Waals surface area contributed by atoms with Gasteiger partial charge in [-0.25, -0.2) is 0 Å². The molecular formula is C15H17ClN2S. The lowest BCUT2D eigenvalue weighted by Gasteiger charge is -2.21. The first-order valence-electron chi connectivity index (χ1n) is 6.62. The molecule has 2 N–H and O–H groups in total. The second kappa shape index (κ2) is 5.95. The smallest absolute Gasteiger partial charge is 0.0931 e. The molecule has 19 heavy (non-hydrogen) atoms. The highest BCUT2D eigenvalue weighted by Crippen LogP contribution is 2.25. The summed E-state index contributed by atoms with van der Waals surface area (Å²) in [5, 5.41) is 6.98. The normalized spacial score (nSPS) is 13.9. The van der Waals surface area contributed by atoms with Crippen molar-refractivity contribution in [1.82, 2.24) is 5.32 Å². The van der Waals surface area contributed by atoms with E-state index in [2.05, 4.69) is 34.9 Å². The summed E-state index contributed by atoms with van der Waals surface area (Å²) < 4.78 is 0.859. The van der Waals surface area contributed by atoms with Crippen molar-refractivity contribution in [3.8, 4) is 0 Å². The first kappa shape index (κ1) is 13.0. The Morgan fingerprint density at radius 2 is 2.16 bits per heavy atom. The Balaban J connectivity index is 1.64. The number of anilines is 1. The van der Waals surface area contributed by atoms with E-state index in [4.69, 9.17) is 11.6 Å². The minimum absolute atomic E-state index is 0.859. The highest BCUT2D eigenvalue weighted by Gasteiger charge is 2.11. The van der Waals surface area contributed by atoms with E-state index in [1.165, 1.54) is 34.5 Å². The van der Waals surface area contributed by atoms with E-state index in [9.17, 15) is 0 Å². The van der Waals surface area contributed by atoms with Crippen LogP contribution in [0.15, 0.2) is 30.3 Å². The Morgan fingerprint density at radius 3 is 3.00 bits per heavy atom. The number of rotatable bonds is 4. The molecule has 1 aliphatic heterocycles. The molecule has 2 nitrogen and oxygen atoms in total. The molecule has 0 bridgehead atoms. The van der Waals surface area contributed by atoms with Gasteiger partial charge in [0.25, 0.3) is 0 Å². The molecule has 0 radical (unpaired) electrons. The van der Waals surface area contributed by atoms with Gasteiger partial charge in [0.15, 0.2) is 0 Å². The second-order valence-corrected chi connectivity index (χ2v) is 6.58. The molecule has 100 valence electrons. The third-order valence-electron chi connectivity index (χ3n) is 3.44. The summed E-state index contributed by atoms with van der Waals surface area (Å²) in [5.41, 5.74) is 4.20. The lowest BCUT2D eigenvalue weighted by Crippen LogP contribution is -2.17. The Kier molecular flexibility index (Phi) is 4.06. The van der Waals surface area contributed by atoms with Crippen molar-refractivity contribution >= 4 is 28.6 Å². The van der Waals surface area contributed by atoms with Gasteiger partial charge < -0.3 is 10.6 Å². The van der Waals surface area contributed by atoms with Crippen molar-refractivity contribution in [2.24, 2.45) is 0 Å². The van der Waals surface area contributed by atoms with Crippen LogP contribution in [0.2, 0.25) is 4.34 Å². The Bertz CT molecular complexity index is 565. The van der Waals surface area contributed by atoms with Crippen molar-refractivity contribution in [2.45, 2.75) is 25.9 Å². The van der Waals surface area contributed by atoms with Crippen molar-refractivity contribution in [1.29, 1.82) is 0 Å². The summed E-state index contributed by atoms with van der Waals surface area (Å²) in [5.74, 6) is 0. The van der Waals surface area contributed by atoms with Gasteiger partial charge >= 0.3 is 0 Å². The molecular weight excluding hydrogens is 276 g/mol. The van der Waals surface area contributed by atoms with E-state index in [-0.39, 0.29) is 0 Å². The number of fused-ring (bicyclic) bond motifs is 1. The Labute approximate surface area is 122 Å². The predicted molar refractivity (Wildman–Crippen MR) is 83.1 cm³/mol. The Hall–Kier alpha value is -1.03. The number of nitrogens with one attached hydrogen (secondary N) is 2. The van der Waals surface area contributed by atoms with Crippen molar-refractivity contribution < 1.29 is 0 Å². The highest BCUT2D eigenvalue weighted by molar-refractivity contribution is 7.16. The molecule has 0 atom stereocenters. The van der Waals surface area contributed by atoms with Crippen LogP contribution in [0.25, 0.3) is 0 Å². The van der Waals surface area contributed by atoms with E-state index < -0.39 is 0 Å². The lowest BCUT2D eigenvalue weighted by molar-refractivity contribution is 0.689. The first-order chi connectivity index (χ1) is 9.33. The highest BCUT2D eigenvalue weighted by atomic mass is 35.5. The van der Waals surface area contributed by atoms with Crippen LogP contribution in [0.1, 0.15) is 22.4 Å². The summed E-state index contributed by atoms with van der Waals surface area (Å²) >= 11 is 7.58. The van der Waals surface area contributed by atoms with Gasteiger partial charge in [0.1, 0.15) is 0 Å². The minimum Gasteiger partial charge on any atom is -0.385 e. The Morgan fingerprint density at radius 1 is 1.21 bits per heavy atom. The molecule has 1 aromatic heterocycles. The molecule has 0 fully saturated rings. The fourth-order valence-corrected chi connectivity index (χ4v) is 3.57. The third-order valence-corrected chi connectivity index (χ3v) is 4.67. The average molecular weight is 293 g/mol. The molecule has 0 unspecified atom stereocenters. The summed E-state index contributed by atoms with van der Waals surface area (Å²) in [4.78, 5) is 1.29. The fourth-order valence-electron chi connectivity index (χ4n) is 2.52.